The van der Waals surface area contributed by atoms with Crippen LogP contribution < -0.4 is 15.8 Å². The number of aromatic amines is 1. The van der Waals surface area contributed by atoms with Gasteiger partial charge >= 0.3 is 0 Å². The molecular formula is C27H27N4O3S+. The third-order valence-corrected chi connectivity index (χ3v) is 7.49. The van der Waals surface area contributed by atoms with E-state index in [1.807, 2.05) is 43.4 Å². The maximum Gasteiger partial charge on any atom is 0.280 e. The van der Waals surface area contributed by atoms with E-state index in [0.29, 0.717) is 39.4 Å². The monoisotopic (exact) mass is 487 g/mol. The zero-order valence-corrected chi connectivity index (χ0v) is 20.3. The molecule has 2 aromatic carbocycles. The lowest BCUT2D eigenvalue weighted by molar-refractivity contribution is -0.885. The second kappa shape index (κ2) is 9.93. The summed E-state index contributed by atoms with van der Waals surface area (Å²) in [6, 6.07) is 16.4. The number of nitrogens with zero attached hydrogens (tertiary/aromatic N) is 1. The van der Waals surface area contributed by atoms with Gasteiger partial charge in [-0.2, -0.15) is 0 Å². The Balaban J connectivity index is 1.33. The van der Waals surface area contributed by atoms with Crippen molar-refractivity contribution in [2.45, 2.75) is 32.2 Å². The lowest BCUT2D eigenvalue weighted by Crippen LogP contribution is -3.08. The lowest BCUT2D eigenvalue weighted by atomic mass is 9.92. The van der Waals surface area contributed by atoms with Crippen LogP contribution in [0, 0.1) is 0 Å². The number of quaternary nitrogens is 1. The van der Waals surface area contributed by atoms with Gasteiger partial charge in [0.15, 0.2) is 18.2 Å². The second-order valence-electron chi connectivity index (χ2n) is 9.00. The van der Waals surface area contributed by atoms with Crippen molar-refractivity contribution in [1.29, 1.82) is 0 Å². The van der Waals surface area contributed by atoms with Gasteiger partial charge in [-0.15, -0.1) is 11.3 Å². The number of H-pyrrole nitrogens is 1. The van der Waals surface area contributed by atoms with E-state index in [9.17, 15) is 14.4 Å². The van der Waals surface area contributed by atoms with Gasteiger partial charge in [-0.1, -0.05) is 42.5 Å². The number of carbonyl (C=O) groups excluding carboxylic acids is 2. The first-order valence-corrected chi connectivity index (χ1v) is 12.6. The molecular weight excluding hydrogens is 460 g/mol. The number of rotatable bonds is 7. The van der Waals surface area contributed by atoms with Gasteiger partial charge < -0.3 is 15.2 Å². The normalized spacial score (nSPS) is 13.9. The van der Waals surface area contributed by atoms with E-state index < -0.39 is 0 Å². The minimum atomic E-state index is -0.184. The number of aryl methyl sites for hydroxylation is 1. The summed E-state index contributed by atoms with van der Waals surface area (Å²) in [6.07, 6.45) is 3.96. The summed E-state index contributed by atoms with van der Waals surface area (Å²) in [5, 5.41) is 4.21. The van der Waals surface area contributed by atoms with Gasteiger partial charge in [0.05, 0.1) is 23.5 Å². The van der Waals surface area contributed by atoms with Crippen molar-refractivity contribution in [2.75, 3.05) is 18.9 Å². The molecule has 2 aromatic heterocycles. The molecule has 1 atom stereocenters. The Hall–Kier alpha value is -3.62. The van der Waals surface area contributed by atoms with Crippen molar-refractivity contribution in [3.63, 3.8) is 0 Å². The molecule has 0 radical (unpaired) electrons. The molecule has 0 bridgehead atoms. The molecule has 0 saturated heterocycles. The van der Waals surface area contributed by atoms with Crippen LogP contribution in [0.3, 0.4) is 0 Å². The van der Waals surface area contributed by atoms with Crippen LogP contribution in [0.15, 0.2) is 59.4 Å². The molecule has 0 aliphatic heterocycles. The summed E-state index contributed by atoms with van der Waals surface area (Å²) in [6.45, 7) is 0.572. The van der Waals surface area contributed by atoms with Gasteiger partial charge in [-0.05, 0) is 43.4 Å². The summed E-state index contributed by atoms with van der Waals surface area (Å²) < 4.78 is 0. The molecule has 1 aliphatic rings. The highest BCUT2D eigenvalue weighted by atomic mass is 32.1. The van der Waals surface area contributed by atoms with Crippen molar-refractivity contribution in [2.24, 2.45) is 0 Å². The Morgan fingerprint density at radius 2 is 1.80 bits per heavy atom. The van der Waals surface area contributed by atoms with E-state index in [-0.39, 0.29) is 23.8 Å². The number of fused-ring (bicyclic) bond motifs is 2. The number of hydrogen-bond acceptors (Lipinski definition) is 5. The fraction of sp³-hybridized carbons (Fsp3) is 0.259. The number of likely N-dealkylation sites (N-methyl/N-ethyl adjacent to an activating group) is 1. The van der Waals surface area contributed by atoms with E-state index in [4.69, 9.17) is 0 Å². The van der Waals surface area contributed by atoms with E-state index in [1.165, 1.54) is 16.2 Å². The van der Waals surface area contributed by atoms with Crippen LogP contribution in [0.4, 0.5) is 5.00 Å². The number of aromatic nitrogens is 2. The number of hydrogen-bond donors (Lipinski definition) is 3. The van der Waals surface area contributed by atoms with E-state index >= 15 is 0 Å². The first-order valence-electron chi connectivity index (χ1n) is 11.8. The van der Waals surface area contributed by atoms with Crippen molar-refractivity contribution in [3.05, 3.63) is 92.3 Å². The molecule has 5 rings (SSSR count). The van der Waals surface area contributed by atoms with Gasteiger partial charge in [0.25, 0.3) is 11.5 Å². The van der Waals surface area contributed by atoms with Crippen LogP contribution in [0.2, 0.25) is 0 Å². The topological polar surface area (TPSA) is 96.4 Å². The molecule has 1 unspecified atom stereocenters. The summed E-state index contributed by atoms with van der Waals surface area (Å²) in [5.41, 5.74) is 2.81. The molecule has 0 fully saturated rings. The number of benzene rings is 2. The largest absolute Gasteiger partial charge is 0.323 e. The second-order valence-corrected chi connectivity index (χ2v) is 10.1. The predicted octanol–water partition coefficient (Wildman–Crippen LogP) is 2.75. The molecule has 1 amide bonds. The maximum absolute atomic E-state index is 13.4. The smallest absolute Gasteiger partial charge is 0.280 e. The molecule has 2 heterocycles. The number of nitrogens with one attached hydrogen (secondary N) is 3. The van der Waals surface area contributed by atoms with Crippen LogP contribution in [-0.4, -0.2) is 35.3 Å². The van der Waals surface area contributed by atoms with E-state index in [0.717, 1.165) is 36.1 Å². The fourth-order valence-electron chi connectivity index (χ4n) is 4.64. The summed E-state index contributed by atoms with van der Waals surface area (Å²) in [4.78, 5) is 48.1. The van der Waals surface area contributed by atoms with Crippen LogP contribution in [-0.2, 0) is 24.2 Å². The van der Waals surface area contributed by atoms with Crippen LogP contribution in [0.25, 0.3) is 10.9 Å². The van der Waals surface area contributed by atoms with Gasteiger partial charge in [-0.3, -0.25) is 14.4 Å². The number of ketones is 1. The van der Waals surface area contributed by atoms with Gasteiger partial charge in [0.1, 0.15) is 11.5 Å². The van der Waals surface area contributed by atoms with Gasteiger partial charge in [0.2, 0.25) is 0 Å². The van der Waals surface area contributed by atoms with E-state index in [1.54, 1.807) is 18.2 Å². The summed E-state index contributed by atoms with van der Waals surface area (Å²) >= 11 is 1.53. The number of anilines is 1. The van der Waals surface area contributed by atoms with Crippen molar-refractivity contribution in [1.82, 2.24) is 9.97 Å². The Morgan fingerprint density at radius 3 is 2.63 bits per heavy atom. The number of para-hydroxylation sites is 1. The van der Waals surface area contributed by atoms with Gasteiger partial charge in [0, 0.05) is 10.4 Å². The third-order valence-electron chi connectivity index (χ3n) is 6.28. The highest BCUT2D eigenvalue weighted by Crippen LogP contribution is 2.39. The third kappa shape index (κ3) is 4.94. The molecule has 35 heavy (non-hydrogen) atoms. The van der Waals surface area contributed by atoms with Gasteiger partial charge in [-0.25, -0.2) is 4.98 Å². The number of thiophene rings is 1. The molecule has 178 valence electrons. The maximum atomic E-state index is 13.4. The fourth-order valence-corrected chi connectivity index (χ4v) is 5.94. The zero-order valence-electron chi connectivity index (χ0n) is 19.5. The average molecular weight is 488 g/mol. The highest BCUT2D eigenvalue weighted by molar-refractivity contribution is 7.17. The minimum Gasteiger partial charge on any atom is -0.323 e. The standard InChI is InChI=1S/C27H26N4O3S/c1-31(15-22-28-20-13-7-5-11-18(20)26(34)29-22)16-23(32)30-27-24(19-12-6-8-14-21(19)35-27)25(33)17-9-3-2-4-10-17/h2-5,7,9-11,13H,6,8,12,14-16H2,1H3,(H,30,32)(H,28,29,34)/p+1. The minimum absolute atomic E-state index is 0.0426. The Labute approximate surface area is 206 Å². The van der Waals surface area contributed by atoms with Crippen LogP contribution >= 0.6 is 11.3 Å². The zero-order chi connectivity index (χ0) is 24.4. The molecule has 3 N–H and O–H groups in total. The quantitative estimate of drug-likeness (QED) is 0.349. The highest BCUT2D eigenvalue weighted by Gasteiger charge is 2.27. The SMILES string of the molecule is C[NH+](CC(=O)Nc1sc2c(c1C(=O)c1ccccc1)CCCC2)Cc1nc2ccccc2c(=O)[nH]1. The molecule has 4 aromatic rings. The molecule has 8 heteroatoms. The summed E-state index contributed by atoms with van der Waals surface area (Å²) in [5.74, 6) is 0.316. The predicted molar refractivity (Wildman–Crippen MR) is 137 cm³/mol. The lowest BCUT2D eigenvalue weighted by Gasteiger charge is -2.14. The van der Waals surface area contributed by atoms with Crippen LogP contribution in [0.5, 0.6) is 0 Å². The number of amides is 1. The first kappa shape index (κ1) is 23.1. The van der Waals surface area contributed by atoms with Crippen molar-refractivity contribution < 1.29 is 14.5 Å². The number of carbonyl (C=O) groups is 2. The Bertz CT molecular complexity index is 1460. The Kier molecular flexibility index (Phi) is 6.57. The Morgan fingerprint density at radius 1 is 1.06 bits per heavy atom. The molecule has 1 aliphatic carbocycles. The average Bonchev–Trinajstić information content (AvgIpc) is 3.21. The van der Waals surface area contributed by atoms with E-state index in [2.05, 4.69) is 15.3 Å². The summed E-state index contributed by atoms with van der Waals surface area (Å²) in [7, 11) is 1.88. The first-order chi connectivity index (χ1) is 17.0. The molecule has 7 nitrogen and oxygen atoms in total. The molecule has 0 spiro atoms. The van der Waals surface area contributed by atoms with Crippen LogP contribution in [0.1, 0.15) is 45.0 Å². The van der Waals surface area contributed by atoms with Crippen molar-refractivity contribution >= 4 is 38.9 Å². The molecule has 0 saturated carbocycles. The van der Waals surface area contributed by atoms with Crippen molar-refractivity contribution in [3.8, 4) is 0 Å².